The Bertz CT molecular complexity index is 912. The van der Waals surface area contributed by atoms with Gasteiger partial charge in [0.2, 0.25) is 0 Å². The second-order valence-corrected chi connectivity index (χ2v) is 7.79. The first kappa shape index (κ1) is 29.7. The van der Waals surface area contributed by atoms with Crippen LogP contribution in [0, 0.1) is 0 Å². The number of carbonyl (C=O) groups excluding carboxylic acids is 1. The van der Waals surface area contributed by atoms with Crippen molar-refractivity contribution in [3.63, 3.8) is 0 Å². The summed E-state index contributed by atoms with van der Waals surface area (Å²) in [7, 11) is 0. The molecule has 0 saturated carbocycles. The van der Waals surface area contributed by atoms with Crippen LogP contribution >= 0.6 is 0 Å². The molecule has 0 bridgehead atoms. The Balaban J connectivity index is 2.23. The van der Waals surface area contributed by atoms with Crippen molar-refractivity contribution in [2.75, 3.05) is 11.9 Å². The highest BCUT2D eigenvalue weighted by molar-refractivity contribution is 5.97. The first-order valence-corrected chi connectivity index (χ1v) is 12.2. The first-order chi connectivity index (χ1) is 17.0. The van der Waals surface area contributed by atoms with Crippen LogP contribution in [0.1, 0.15) is 69.2 Å². The quantitative estimate of drug-likeness (QED) is 0.127. The highest BCUT2D eigenvalue weighted by Crippen LogP contribution is 2.21. The SMILES string of the molecule is CC/C=C\C/C=C\C/C=C\C/C=C\C/C=C\CCOC(CC)C(=O)Nc1ccc(O)c(C(=O)O)c1. The monoisotopic (exact) mass is 481 g/mol. The Morgan fingerprint density at radius 3 is 1.94 bits per heavy atom. The number of carboxylic acid groups (broad SMARTS) is 1. The fourth-order valence-corrected chi connectivity index (χ4v) is 3.03. The number of hydrogen-bond donors (Lipinski definition) is 3. The molecule has 0 saturated heterocycles. The van der Waals surface area contributed by atoms with Gasteiger partial charge in [-0.25, -0.2) is 4.79 Å². The van der Waals surface area contributed by atoms with Crippen LogP contribution in [0.25, 0.3) is 0 Å². The minimum atomic E-state index is -1.26. The van der Waals surface area contributed by atoms with E-state index in [4.69, 9.17) is 9.84 Å². The minimum absolute atomic E-state index is 0.268. The van der Waals surface area contributed by atoms with E-state index < -0.39 is 12.1 Å². The molecule has 0 radical (unpaired) electrons. The van der Waals surface area contributed by atoms with Crippen molar-refractivity contribution in [1.29, 1.82) is 0 Å². The van der Waals surface area contributed by atoms with Gasteiger partial charge in [0.05, 0.1) is 6.61 Å². The maximum atomic E-state index is 12.4. The van der Waals surface area contributed by atoms with Gasteiger partial charge < -0.3 is 20.3 Å². The lowest BCUT2D eigenvalue weighted by Gasteiger charge is -2.16. The van der Waals surface area contributed by atoms with E-state index in [0.717, 1.165) is 32.1 Å². The van der Waals surface area contributed by atoms with E-state index in [-0.39, 0.29) is 17.2 Å². The molecule has 1 atom stereocenters. The summed E-state index contributed by atoms with van der Waals surface area (Å²) in [6.07, 6.45) is 26.8. The molecular formula is C29H39NO5. The standard InChI is InChI=1S/C29H39NO5/c1-3-5-6-7-8-9-10-11-12-13-14-15-16-17-18-19-22-35-27(4-2)28(32)30-24-20-21-26(31)25(23-24)29(33)34/h5-6,8-9,11-12,14-15,17-18,20-21,23,27,31H,3-4,7,10,13,16,19,22H2,1-2H3,(H,30,32)(H,33,34)/b6-5-,9-8-,12-11-,15-14-,18-17-. The molecular weight excluding hydrogens is 442 g/mol. The number of allylic oxidation sites excluding steroid dienone is 9. The predicted molar refractivity (Wildman–Crippen MR) is 143 cm³/mol. The normalized spacial score (nSPS) is 13.1. The van der Waals surface area contributed by atoms with Gasteiger partial charge in [-0.3, -0.25) is 4.79 Å². The van der Waals surface area contributed by atoms with Crippen molar-refractivity contribution in [2.45, 2.75) is 64.9 Å². The number of hydrogen-bond acceptors (Lipinski definition) is 4. The Kier molecular flexibility index (Phi) is 16.1. The molecule has 35 heavy (non-hydrogen) atoms. The highest BCUT2D eigenvalue weighted by atomic mass is 16.5. The third-order valence-corrected chi connectivity index (χ3v) is 4.92. The number of benzene rings is 1. The molecule has 0 fully saturated rings. The van der Waals surface area contributed by atoms with Gasteiger partial charge in [0.1, 0.15) is 17.4 Å². The number of amides is 1. The third-order valence-electron chi connectivity index (χ3n) is 4.92. The molecule has 6 heteroatoms. The lowest BCUT2D eigenvalue weighted by molar-refractivity contribution is -0.127. The average Bonchev–Trinajstić information content (AvgIpc) is 2.84. The number of phenols is 1. The minimum Gasteiger partial charge on any atom is -0.507 e. The molecule has 3 N–H and O–H groups in total. The molecule has 0 aliphatic rings. The summed E-state index contributed by atoms with van der Waals surface area (Å²) in [6, 6.07) is 3.91. The lowest BCUT2D eigenvalue weighted by Crippen LogP contribution is -2.30. The van der Waals surface area contributed by atoms with Crippen molar-refractivity contribution in [1.82, 2.24) is 0 Å². The fourth-order valence-electron chi connectivity index (χ4n) is 3.03. The van der Waals surface area contributed by atoms with Crippen molar-refractivity contribution in [3.8, 4) is 5.75 Å². The van der Waals surface area contributed by atoms with E-state index in [2.05, 4.69) is 66.9 Å². The Hall–Kier alpha value is -3.38. The van der Waals surface area contributed by atoms with Gasteiger partial charge in [0.25, 0.3) is 5.91 Å². The largest absolute Gasteiger partial charge is 0.507 e. The molecule has 1 aromatic carbocycles. The maximum absolute atomic E-state index is 12.4. The number of ether oxygens (including phenoxy) is 1. The summed E-state index contributed by atoms with van der Waals surface area (Å²) in [5.41, 5.74) is 0.0280. The lowest BCUT2D eigenvalue weighted by atomic mass is 10.1. The number of anilines is 1. The number of nitrogens with one attached hydrogen (secondary N) is 1. The van der Waals surface area contributed by atoms with Crippen LogP contribution in [0.2, 0.25) is 0 Å². The summed E-state index contributed by atoms with van der Waals surface area (Å²) in [6.45, 7) is 4.39. The van der Waals surface area contributed by atoms with Crippen molar-refractivity contribution in [3.05, 3.63) is 84.5 Å². The molecule has 6 nitrogen and oxygen atoms in total. The summed E-state index contributed by atoms with van der Waals surface area (Å²) in [5, 5.41) is 21.3. The predicted octanol–water partition coefficient (Wildman–Crippen LogP) is 6.97. The zero-order valence-corrected chi connectivity index (χ0v) is 20.9. The van der Waals surface area contributed by atoms with E-state index in [1.165, 1.54) is 18.2 Å². The van der Waals surface area contributed by atoms with Gasteiger partial charge >= 0.3 is 5.97 Å². The van der Waals surface area contributed by atoms with Crippen LogP contribution in [0.5, 0.6) is 5.75 Å². The van der Waals surface area contributed by atoms with Gasteiger partial charge in [-0.2, -0.15) is 0 Å². The zero-order chi connectivity index (χ0) is 25.7. The molecule has 0 aliphatic heterocycles. The topological polar surface area (TPSA) is 95.9 Å². The molecule has 0 aliphatic carbocycles. The Morgan fingerprint density at radius 1 is 0.886 bits per heavy atom. The molecule has 1 aromatic rings. The second kappa shape index (κ2) is 19.0. The molecule has 0 spiro atoms. The van der Waals surface area contributed by atoms with Crippen molar-refractivity contribution in [2.24, 2.45) is 0 Å². The van der Waals surface area contributed by atoms with Gasteiger partial charge in [0.15, 0.2) is 0 Å². The number of carboxylic acids is 1. The van der Waals surface area contributed by atoms with Crippen LogP contribution < -0.4 is 5.32 Å². The Morgan fingerprint density at radius 2 is 1.43 bits per heavy atom. The maximum Gasteiger partial charge on any atom is 0.339 e. The molecule has 1 rings (SSSR count). The van der Waals surface area contributed by atoms with Crippen LogP contribution in [0.15, 0.2) is 79.0 Å². The van der Waals surface area contributed by atoms with E-state index in [1.54, 1.807) is 0 Å². The van der Waals surface area contributed by atoms with E-state index in [9.17, 15) is 14.7 Å². The number of aromatic carboxylic acids is 1. The fraction of sp³-hybridized carbons (Fsp3) is 0.379. The summed E-state index contributed by atoms with van der Waals surface area (Å²) >= 11 is 0. The number of carbonyl (C=O) groups is 2. The van der Waals surface area contributed by atoms with Crippen molar-refractivity contribution >= 4 is 17.6 Å². The van der Waals surface area contributed by atoms with Crippen LogP contribution in [-0.2, 0) is 9.53 Å². The van der Waals surface area contributed by atoms with Gasteiger partial charge in [-0.1, -0.05) is 74.6 Å². The summed E-state index contributed by atoms with van der Waals surface area (Å²) < 4.78 is 5.68. The molecule has 1 unspecified atom stereocenters. The second-order valence-electron chi connectivity index (χ2n) is 7.79. The zero-order valence-electron chi connectivity index (χ0n) is 20.9. The van der Waals surface area contributed by atoms with E-state index >= 15 is 0 Å². The van der Waals surface area contributed by atoms with E-state index in [1.807, 2.05) is 13.0 Å². The van der Waals surface area contributed by atoms with Crippen LogP contribution in [0.4, 0.5) is 5.69 Å². The molecule has 190 valence electrons. The summed E-state index contributed by atoms with van der Waals surface area (Å²) in [5.74, 6) is -1.96. The first-order valence-electron chi connectivity index (χ1n) is 12.2. The molecule has 0 aromatic heterocycles. The number of rotatable bonds is 17. The van der Waals surface area contributed by atoms with E-state index in [0.29, 0.717) is 25.1 Å². The van der Waals surface area contributed by atoms with Gasteiger partial charge in [-0.15, -0.1) is 0 Å². The smallest absolute Gasteiger partial charge is 0.339 e. The molecule has 0 heterocycles. The third kappa shape index (κ3) is 13.8. The van der Waals surface area contributed by atoms with Crippen molar-refractivity contribution < 1.29 is 24.5 Å². The van der Waals surface area contributed by atoms with Gasteiger partial charge in [0, 0.05) is 5.69 Å². The van der Waals surface area contributed by atoms with Crippen LogP contribution in [-0.4, -0.2) is 34.8 Å². The average molecular weight is 482 g/mol. The highest BCUT2D eigenvalue weighted by Gasteiger charge is 2.18. The summed E-state index contributed by atoms with van der Waals surface area (Å²) in [4.78, 5) is 23.5. The van der Waals surface area contributed by atoms with Gasteiger partial charge in [-0.05, 0) is 63.1 Å². The van der Waals surface area contributed by atoms with Crippen LogP contribution in [0.3, 0.4) is 0 Å². The molecule has 1 amide bonds. The Labute approximate surface area is 209 Å². The number of aromatic hydroxyl groups is 1.